The second-order valence-corrected chi connectivity index (χ2v) is 8.64. The van der Waals surface area contributed by atoms with Crippen LogP contribution < -0.4 is 4.78 Å². The lowest BCUT2D eigenvalue weighted by Gasteiger charge is -2.37. The minimum absolute atomic E-state index is 0.660. The van der Waals surface area contributed by atoms with E-state index in [1.807, 2.05) is 38.1 Å². The summed E-state index contributed by atoms with van der Waals surface area (Å²) in [7, 11) is 1.72. The van der Waals surface area contributed by atoms with Crippen LogP contribution in [0.2, 0.25) is 0 Å². The van der Waals surface area contributed by atoms with Crippen molar-refractivity contribution >= 4 is 45.1 Å². The number of rotatable bonds is 5. The van der Waals surface area contributed by atoms with E-state index < -0.39 is 11.2 Å². The second-order valence-electron chi connectivity index (χ2n) is 6.49. The van der Waals surface area contributed by atoms with Crippen LogP contribution in [0, 0.1) is 0 Å². The molecule has 0 aliphatic rings. The summed E-state index contributed by atoms with van der Waals surface area (Å²) in [5.41, 5.74) is -0.547. The predicted octanol–water partition coefficient (Wildman–Crippen LogP) is 3.84. The van der Waals surface area contributed by atoms with Crippen molar-refractivity contribution in [2.75, 3.05) is 0 Å². The summed E-state index contributed by atoms with van der Waals surface area (Å²) in [5.74, 6) is 0. The Kier molecular flexibility index (Phi) is 4.36. The van der Waals surface area contributed by atoms with Gasteiger partial charge in [-0.25, -0.2) is 4.98 Å². The molecule has 0 bridgehead atoms. The predicted molar refractivity (Wildman–Crippen MR) is 99.8 cm³/mol. The smallest absolute Gasteiger partial charge is 0.341 e. The van der Waals surface area contributed by atoms with E-state index in [9.17, 15) is 5.11 Å². The number of aromatic nitrogens is 1. The number of hydrogen-bond donors (Lipinski definition) is 1. The Hall–Kier alpha value is -1.21. The van der Waals surface area contributed by atoms with Gasteiger partial charge in [-0.05, 0) is 45.9 Å². The quantitative estimate of drug-likeness (QED) is 0.715. The van der Waals surface area contributed by atoms with E-state index in [1.165, 1.54) is 4.70 Å². The zero-order chi connectivity index (χ0) is 16.7. The van der Waals surface area contributed by atoms with Gasteiger partial charge in [-0.2, -0.15) is 0 Å². The first-order chi connectivity index (χ1) is 10.8. The molecule has 6 heteroatoms. The molecule has 2 aromatic heterocycles. The summed E-state index contributed by atoms with van der Waals surface area (Å²) >= 11 is 3.33. The van der Waals surface area contributed by atoms with Crippen molar-refractivity contribution in [3.63, 3.8) is 0 Å². The van der Waals surface area contributed by atoms with Crippen molar-refractivity contribution in [2.24, 2.45) is 0 Å². The van der Waals surface area contributed by atoms with Crippen LogP contribution in [0.25, 0.3) is 20.1 Å². The van der Waals surface area contributed by atoms with Gasteiger partial charge in [0.2, 0.25) is 0 Å². The molecule has 0 aliphatic carbocycles. The number of aliphatic hydroxyl groups is 1. The van der Waals surface area contributed by atoms with Gasteiger partial charge in [0.15, 0.2) is 0 Å². The van der Waals surface area contributed by atoms with Gasteiger partial charge in [0.1, 0.15) is 5.01 Å². The highest BCUT2D eigenvalue weighted by Gasteiger charge is 2.35. The molecule has 0 fully saturated rings. The number of thiophene rings is 1. The highest BCUT2D eigenvalue weighted by Crippen LogP contribution is 2.32. The minimum atomic E-state index is -0.920. The number of benzene rings is 1. The van der Waals surface area contributed by atoms with Crippen LogP contribution in [0.4, 0.5) is 0 Å². The molecular weight excluding hydrogens is 325 g/mol. The third kappa shape index (κ3) is 3.50. The zero-order valence-corrected chi connectivity index (χ0v) is 15.3. The maximum Gasteiger partial charge on any atom is 0.341 e. The van der Waals surface area contributed by atoms with E-state index >= 15 is 0 Å². The second kappa shape index (κ2) is 6.02. The molecule has 0 saturated carbocycles. The lowest BCUT2D eigenvalue weighted by atomic mass is 9.86. The minimum Gasteiger partial charge on any atom is -0.426 e. The fourth-order valence-electron chi connectivity index (χ4n) is 1.86. The van der Waals surface area contributed by atoms with Crippen molar-refractivity contribution in [1.82, 2.24) is 4.98 Å². The normalized spacial score (nSPS) is 12.7. The lowest BCUT2D eigenvalue weighted by molar-refractivity contribution is -0.0892. The van der Waals surface area contributed by atoms with Crippen molar-refractivity contribution in [1.29, 1.82) is 0 Å². The summed E-state index contributed by atoms with van der Waals surface area (Å²) < 4.78 is 8.01. The Balaban J connectivity index is 1.76. The molecule has 1 radical (unpaired) electrons. The fourth-order valence-corrected chi connectivity index (χ4v) is 3.75. The SMILES string of the molecule is CC(C)(O)C(C)(C)O[B]c1ccc(-c2nc3ccccc3s2)s1. The Labute approximate surface area is 145 Å². The van der Waals surface area contributed by atoms with Crippen molar-refractivity contribution < 1.29 is 9.76 Å². The van der Waals surface area contributed by atoms with E-state index in [1.54, 1.807) is 44.0 Å². The van der Waals surface area contributed by atoms with E-state index in [-0.39, 0.29) is 0 Å². The largest absolute Gasteiger partial charge is 0.426 e. The van der Waals surface area contributed by atoms with E-state index in [4.69, 9.17) is 4.65 Å². The van der Waals surface area contributed by atoms with Crippen molar-refractivity contribution in [3.8, 4) is 9.88 Å². The zero-order valence-electron chi connectivity index (χ0n) is 13.7. The molecule has 0 saturated heterocycles. The monoisotopic (exact) mass is 344 g/mol. The number of thiazole rings is 1. The third-order valence-electron chi connectivity index (χ3n) is 4.07. The van der Waals surface area contributed by atoms with Crippen molar-refractivity contribution in [2.45, 2.75) is 38.9 Å². The Morgan fingerprint density at radius 2 is 1.78 bits per heavy atom. The summed E-state index contributed by atoms with van der Waals surface area (Å²) in [6.07, 6.45) is 0. The average Bonchev–Trinajstić information content (AvgIpc) is 3.10. The number of fused-ring (bicyclic) bond motifs is 1. The van der Waals surface area contributed by atoms with Gasteiger partial charge in [-0.15, -0.1) is 22.7 Å². The van der Waals surface area contributed by atoms with E-state index in [0.29, 0.717) is 0 Å². The molecule has 0 atom stereocenters. The van der Waals surface area contributed by atoms with Gasteiger partial charge < -0.3 is 9.76 Å². The summed E-state index contributed by atoms with van der Waals surface area (Å²) in [6.45, 7) is 7.26. The van der Waals surface area contributed by atoms with Crippen LogP contribution in [0.3, 0.4) is 0 Å². The number of nitrogens with zero attached hydrogens (tertiary/aromatic N) is 1. The Morgan fingerprint density at radius 1 is 1.04 bits per heavy atom. The molecular formula is C17H19BNO2S2. The van der Waals surface area contributed by atoms with Crippen LogP contribution in [0.5, 0.6) is 0 Å². The van der Waals surface area contributed by atoms with Crippen LogP contribution in [-0.4, -0.2) is 28.8 Å². The number of hydrogen-bond acceptors (Lipinski definition) is 5. The highest BCUT2D eigenvalue weighted by atomic mass is 32.1. The third-order valence-corrected chi connectivity index (χ3v) is 6.29. The van der Waals surface area contributed by atoms with Gasteiger partial charge in [0, 0.05) is 4.78 Å². The number of para-hydroxylation sites is 1. The van der Waals surface area contributed by atoms with Gasteiger partial charge in [0.05, 0.1) is 26.3 Å². The molecule has 0 unspecified atom stereocenters. The topological polar surface area (TPSA) is 42.4 Å². The maximum atomic E-state index is 10.1. The summed E-state index contributed by atoms with van der Waals surface area (Å²) in [6, 6.07) is 12.2. The molecule has 3 nitrogen and oxygen atoms in total. The van der Waals surface area contributed by atoms with Gasteiger partial charge in [-0.1, -0.05) is 18.2 Å². The molecule has 2 heterocycles. The molecule has 119 valence electrons. The molecule has 1 N–H and O–H groups in total. The first kappa shape index (κ1) is 16.6. The van der Waals surface area contributed by atoms with Crippen LogP contribution in [0.1, 0.15) is 27.7 Å². The van der Waals surface area contributed by atoms with E-state index in [0.717, 1.165) is 20.2 Å². The van der Waals surface area contributed by atoms with Gasteiger partial charge >= 0.3 is 7.48 Å². The first-order valence-electron chi connectivity index (χ1n) is 7.45. The fraction of sp³-hybridized carbons (Fsp3) is 0.353. The van der Waals surface area contributed by atoms with Gasteiger partial charge in [0.25, 0.3) is 0 Å². The maximum absolute atomic E-state index is 10.1. The molecule has 1 aromatic carbocycles. The molecule has 3 rings (SSSR count). The van der Waals surface area contributed by atoms with Gasteiger partial charge in [-0.3, -0.25) is 0 Å². The molecule has 0 spiro atoms. The first-order valence-corrected chi connectivity index (χ1v) is 9.09. The molecule has 0 aliphatic heterocycles. The average molecular weight is 344 g/mol. The van der Waals surface area contributed by atoms with Crippen LogP contribution >= 0.6 is 22.7 Å². The highest BCUT2D eigenvalue weighted by molar-refractivity contribution is 7.28. The molecule has 0 amide bonds. The Bertz CT molecular complexity index is 784. The van der Waals surface area contributed by atoms with Crippen molar-refractivity contribution in [3.05, 3.63) is 36.4 Å². The van der Waals surface area contributed by atoms with E-state index in [2.05, 4.69) is 17.1 Å². The van der Waals surface area contributed by atoms with Crippen LogP contribution in [0.15, 0.2) is 36.4 Å². The lowest BCUT2D eigenvalue weighted by Crippen LogP contribution is -2.49. The summed E-state index contributed by atoms with van der Waals surface area (Å²) in [4.78, 5) is 5.81. The summed E-state index contributed by atoms with van der Waals surface area (Å²) in [5, 5.41) is 11.2. The van der Waals surface area contributed by atoms with Crippen LogP contribution in [-0.2, 0) is 4.65 Å². The standard InChI is InChI=1S/C17H19BNO2S2/c1-16(2,20)17(3,4)21-18-14-10-9-13(22-14)15-19-11-7-5-6-8-12(11)23-15/h5-10,20H,1-4H3. The molecule has 23 heavy (non-hydrogen) atoms. The Morgan fingerprint density at radius 3 is 2.48 bits per heavy atom. The molecule has 3 aromatic rings.